The van der Waals surface area contributed by atoms with Gasteiger partial charge in [0.1, 0.15) is 11.5 Å². The van der Waals surface area contributed by atoms with Crippen LogP contribution in [0.25, 0.3) is 88.9 Å². The summed E-state index contributed by atoms with van der Waals surface area (Å²) >= 11 is 0. The number of aryl methyl sites for hydroxylation is 1. The smallest absolute Gasteiger partial charge is 0.191 e. The van der Waals surface area contributed by atoms with E-state index in [1.165, 1.54) is 22.0 Å². The molecule has 0 aliphatic heterocycles. The van der Waals surface area contributed by atoms with Gasteiger partial charge < -0.3 is 4.90 Å². The number of benzene rings is 9. The highest BCUT2D eigenvalue weighted by Crippen LogP contribution is 2.48. The monoisotopic (exact) mass is 846 g/mol. The Bertz CT molecular complexity index is 3660. The molecule has 0 atom stereocenters. The first-order valence-electron chi connectivity index (χ1n) is 22.4. The fraction of sp³-hybridized carbons (Fsp3) is 0.0164. The van der Waals surface area contributed by atoms with Crippen LogP contribution in [0.4, 0.5) is 17.1 Å². The van der Waals surface area contributed by atoms with Crippen molar-refractivity contribution in [1.82, 2.24) is 18.7 Å². The Labute approximate surface area is 384 Å². The van der Waals surface area contributed by atoms with E-state index in [4.69, 9.17) is 4.98 Å². The van der Waals surface area contributed by atoms with Crippen molar-refractivity contribution in [3.05, 3.63) is 249 Å². The number of para-hydroxylation sites is 4. The number of hydrogen-bond acceptors (Lipinski definition) is 2. The van der Waals surface area contributed by atoms with Gasteiger partial charge >= 0.3 is 0 Å². The summed E-state index contributed by atoms with van der Waals surface area (Å²) in [6.07, 6.45) is 4.12. The van der Waals surface area contributed by atoms with Gasteiger partial charge in [0.2, 0.25) is 0 Å². The van der Waals surface area contributed by atoms with Gasteiger partial charge in [-0.2, -0.15) is 4.57 Å². The second kappa shape index (κ2) is 16.4. The fourth-order valence-electron chi connectivity index (χ4n) is 9.80. The maximum Gasteiger partial charge on any atom is 0.191 e. The van der Waals surface area contributed by atoms with Gasteiger partial charge in [0.15, 0.2) is 17.4 Å². The topological polar surface area (TPSA) is 30.9 Å². The molecule has 9 aromatic carbocycles. The van der Waals surface area contributed by atoms with E-state index in [9.17, 15) is 0 Å². The zero-order valence-corrected chi connectivity index (χ0v) is 36.4. The van der Waals surface area contributed by atoms with Gasteiger partial charge in [0.05, 0.1) is 22.4 Å². The van der Waals surface area contributed by atoms with Crippen LogP contribution in [0.3, 0.4) is 0 Å². The third-order valence-corrected chi connectivity index (χ3v) is 12.8. The third-order valence-electron chi connectivity index (χ3n) is 12.8. The molecular weight excluding hydrogens is 803 g/mol. The number of rotatable bonds is 9. The molecular formula is C61H44N5+. The second-order valence-corrected chi connectivity index (χ2v) is 16.7. The molecule has 0 radical (unpaired) electrons. The van der Waals surface area contributed by atoms with Crippen LogP contribution in [0.5, 0.6) is 0 Å². The van der Waals surface area contributed by atoms with Gasteiger partial charge in [0, 0.05) is 65.1 Å². The molecule has 12 rings (SSSR count). The number of imidazole rings is 1. The first kappa shape index (κ1) is 38.8. The molecule has 66 heavy (non-hydrogen) atoms. The van der Waals surface area contributed by atoms with Crippen molar-refractivity contribution in [2.24, 2.45) is 7.05 Å². The molecule has 312 valence electrons. The van der Waals surface area contributed by atoms with Crippen molar-refractivity contribution in [1.29, 1.82) is 0 Å². The van der Waals surface area contributed by atoms with E-state index in [2.05, 4.69) is 269 Å². The summed E-state index contributed by atoms with van der Waals surface area (Å²) in [4.78, 5) is 7.58. The lowest BCUT2D eigenvalue weighted by atomic mass is 9.94. The van der Waals surface area contributed by atoms with Gasteiger partial charge in [-0.05, 0) is 88.0 Å². The highest BCUT2D eigenvalue weighted by Gasteiger charge is 2.25. The van der Waals surface area contributed by atoms with Crippen molar-refractivity contribution < 1.29 is 0 Å². The normalized spacial score (nSPS) is 11.4. The molecule has 0 saturated heterocycles. The molecule has 0 aliphatic rings. The molecule has 0 aliphatic carbocycles. The summed E-state index contributed by atoms with van der Waals surface area (Å²) in [6.45, 7) is 0. The lowest BCUT2D eigenvalue weighted by Crippen LogP contribution is -2.13. The first-order chi connectivity index (χ1) is 32.7. The molecule has 0 bridgehead atoms. The van der Waals surface area contributed by atoms with Crippen LogP contribution in [-0.4, -0.2) is 18.7 Å². The van der Waals surface area contributed by atoms with Crippen molar-refractivity contribution in [2.45, 2.75) is 0 Å². The molecule has 12 aromatic rings. The molecule has 5 nitrogen and oxygen atoms in total. The fourth-order valence-corrected chi connectivity index (χ4v) is 9.80. The van der Waals surface area contributed by atoms with Gasteiger partial charge in [-0.25, -0.2) is 9.55 Å². The van der Waals surface area contributed by atoms with Crippen molar-refractivity contribution in [3.63, 3.8) is 0 Å². The van der Waals surface area contributed by atoms with E-state index in [-0.39, 0.29) is 0 Å². The van der Waals surface area contributed by atoms with E-state index >= 15 is 0 Å². The first-order valence-corrected chi connectivity index (χ1v) is 22.4. The maximum absolute atomic E-state index is 5.13. The van der Waals surface area contributed by atoms with Crippen molar-refractivity contribution in [3.8, 4) is 56.0 Å². The van der Waals surface area contributed by atoms with Gasteiger partial charge in [0.25, 0.3) is 0 Å². The van der Waals surface area contributed by atoms with Crippen molar-refractivity contribution >= 4 is 49.9 Å². The Balaban J connectivity index is 1.12. The minimum Gasteiger partial charge on any atom is -0.308 e. The van der Waals surface area contributed by atoms with Gasteiger partial charge in [-0.15, -0.1) is 0 Å². The second-order valence-electron chi connectivity index (χ2n) is 16.7. The SMILES string of the molecule is Cn1[cH+]n(-c2cccc(N(c3ccc4c5ccccc5n(-c5cc(-c6ccccc6-c6ccccc6)ccn5)c4c3)c3c(-c4ccccc4)cccc3-c3ccccc3)c2)c2ccccc21. The van der Waals surface area contributed by atoms with Crippen LogP contribution >= 0.6 is 0 Å². The molecule has 0 spiro atoms. The Hall–Kier alpha value is -8.80. The van der Waals surface area contributed by atoms with E-state index in [1.807, 2.05) is 6.20 Å². The van der Waals surface area contributed by atoms with E-state index in [0.29, 0.717) is 0 Å². The number of hydrogen-bond donors (Lipinski definition) is 0. The Morgan fingerprint density at radius 3 is 1.62 bits per heavy atom. The largest absolute Gasteiger partial charge is 0.308 e. The quantitative estimate of drug-likeness (QED) is 0.136. The van der Waals surface area contributed by atoms with Crippen LogP contribution in [-0.2, 0) is 7.05 Å². The number of pyridine rings is 1. The zero-order valence-electron chi connectivity index (χ0n) is 36.4. The van der Waals surface area contributed by atoms with E-state index < -0.39 is 0 Å². The van der Waals surface area contributed by atoms with Crippen LogP contribution in [0.15, 0.2) is 249 Å². The summed E-state index contributed by atoms with van der Waals surface area (Å²) in [7, 11) is 2.11. The number of anilines is 3. The van der Waals surface area contributed by atoms with Crippen molar-refractivity contribution in [2.75, 3.05) is 4.90 Å². The maximum atomic E-state index is 5.13. The summed E-state index contributed by atoms with van der Waals surface area (Å²) < 4.78 is 6.81. The summed E-state index contributed by atoms with van der Waals surface area (Å²) in [6, 6.07) is 85.0. The molecule has 0 saturated carbocycles. The van der Waals surface area contributed by atoms with Crippen LogP contribution < -0.4 is 4.90 Å². The zero-order chi connectivity index (χ0) is 44.0. The molecule has 5 heteroatoms. The highest BCUT2D eigenvalue weighted by atomic mass is 15.2. The van der Waals surface area contributed by atoms with Gasteiger partial charge in [-0.1, -0.05) is 158 Å². The summed E-state index contributed by atoms with van der Waals surface area (Å²) in [5, 5.41) is 2.33. The van der Waals surface area contributed by atoms with Crippen LogP contribution in [0.1, 0.15) is 0 Å². The lowest BCUT2D eigenvalue weighted by Gasteiger charge is -2.30. The summed E-state index contributed by atoms with van der Waals surface area (Å²) in [5.41, 5.74) is 17.9. The van der Waals surface area contributed by atoms with E-state index in [0.717, 1.165) is 83.9 Å². The Morgan fingerprint density at radius 2 is 0.924 bits per heavy atom. The van der Waals surface area contributed by atoms with E-state index in [1.54, 1.807) is 0 Å². The minimum absolute atomic E-state index is 0.856. The molecule has 0 fully saturated rings. The summed E-state index contributed by atoms with van der Waals surface area (Å²) in [5.74, 6) is 0.856. The molecule has 3 heterocycles. The standard InChI is InChI=1S/C61H44N5/c1-63-42-64(58-34-16-15-33-57(58)63)47-25-17-26-48(40-47)65(61-52(44-21-7-3-8-22-44)30-18-31-53(61)45-23-9-4-10-24-45)49-35-36-55-54-29-13-14-32-56(54)66(59(55)41-49)60-39-46(37-38-62-60)51-28-12-11-27-50(51)43-19-5-2-6-20-43/h2-42H,1H3/q+1. The average molecular weight is 847 g/mol. The minimum atomic E-state index is 0.856. The van der Waals surface area contributed by atoms with Gasteiger partial charge in [-0.3, -0.25) is 4.57 Å². The molecule has 0 amide bonds. The Morgan fingerprint density at radius 1 is 0.394 bits per heavy atom. The lowest BCUT2D eigenvalue weighted by molar-refractivity contribution is 0.911. The molecule has 0 N–H and O–H groups in total. The highest BCUT2D eigenvalue weighted by molar-refractivity contribution is 6.11. The number of fused-ring (bicyclic) bond motifs is 4. The third kappa shape index (κ3) is 6.73. The average Bonchev–Trinajstić information content (AvgIpc) is 3.91. The number of nitrogens with zero attached hydrogens (tertiary/aromatic N) is 5. The predicted octanol–water partition coefficient (Wildman–Crippen LogP) is 15.9. The predicted molar refractivity (Wildman–Crippen MR) is 275 cm³/mol. The molecule has 0 unspecified atom stereocenters. The van der Waals surface area contributed by atoms with Crippen LogP contribution in [0.2, 0.25) is 0 Å². The van der Waals surface area contributed by atoms with Crippen LogP contribution in [0, 0.1) is 0 Å². The molecule has 3 aromatic heterocycles. The number of aromatic nitrogens is 4. The Kier molecular flexibility index (Phi) is 9.65.